The number of nitrogens with zero attached hydrogens (tertiary/aromatic N) is 3. The van der Waals surface area contributed by atoms with Crippen LogP contribution < -0.4 is 20.8 Å². The Kier molecular flexibility index (Phi) is 6.95. The summed E-state index contributed by atoms with van der Waals surface area (Å²) in [5.41, 5.74) is 8.93. The number of hydrogen-bond donors (Lipinski definition) is 2. The Hall–Kier alpha value is -2.78. The smallest absolute Gasteiger partial charge is 0.184 e. The molecule has 0 unspecified atom stereocenters. The number of thiocarbonyl (C=S) groups is 1. The van der Waals surface area contributed by atoms with Gasteiger partial charge in [-0.3, -0.25) is 10.3 Å². The van der Waals surface area contributed by atoms with Gasteiger partial charge in [-0.1, -0.05) is 18.2 Å². The third-order valence-electron chi connectivity index (χ3n) is 4.77. The first-order chi connectivity index (χ1) is 14.0. The van der Waals surface area contributed by atoms with E-state index < -0.39 is 11.6 Å². The number of methoxy groups -OCH3 is 1. The van der Waals surface area contributed by atoms with Crippen molar-refractivity contribution in [2.45, 2.75) is 6.54 Å². The van der Waals surface area contributed by atoms with Gasteiger partial charge in [-0.25, -0.2) is 8.78 Å². The first-order valence-corrected chi connectivity index (χ1v) is 9.56. The maximum atomic E-state index is 14.6. The highest BCUT2D eigenvalue weighted by molar-refractivity contribution is 7.80. The zero-order valence-electron chi connectivity index (χ0n) is 16.1. The van der Waals surface area contributed by atoms with E-state index in [2.05, 4.69) is 27.6 Å². The van der Waals surface area contributed by atoms with Gasteiger partial charge in [0.25, 0.3) is 0 Å². The fourth-order valence-electron chi connectivity index (χ4n) is 3.28. The Morgan fingerprint density at radius 2 is 1.90 bits per heavy atom. The molecule has 1 heterocycles. The van der Waals surface area contributed by atoms with Crippen molar-refractivity contribution in [3.05, 3.63) is 59.2 Å². The zero-order chi connectivity index (χ0) is 20.8. The van der Waals surface area contributed by atoms with E-state index in [-0.39, 0.29) is 16.4 Å². The second-order valence-electron chi connectivity index (χ2n) is 6.61. The number of halogens is 2. The quantitative estimate of drug-likeness (QED) is 0.426. The first kappa shape index (κ1) is 20.9. The van der Waals surface area contributed by atoms with Crippen molar-refractivity contribution in [1.82, 2.24) is 10.3 Å². The molecule has 3 rings (SSSR count). The van der Waals surface area contributed by atoms with Crippen molar-refractivity contribution in [2.24, 2.45) is 10.8 Å². The van der Waals surface area contributed by atoms with Gasteiger partial charge in [0.15, 0.2) is 16.7 Å². The fraction of sp³-hybridized carbons (Fsp3) is 0.300. The summed E-state index contributed by atoms with van der Waals surface area (Å²) < 4.78 is 34.4. The molecule has 6 nitrogen and oxygen atoms in total. The summed E-state index contributed by atoms with van der Waals surface area (Å²) in [5.74, 6) is -0.986. The Balaban J connectivity index is 1.64. The summed E-state index contributed by atoms with van der Waals surface area (Å²) in [7, 11) is 1.66. The monoisotopic (exact) mass is 419 g/mol. The van der Waals surface area contributed by atoms with Crippen LogP contribution in [0.25, 0.3) is 0 Å². The molecular weight excluding hydrogens is 396 g/mol. The van der Waals surface area contributed by atoms with Crippen molar-refractivity contribution in [3.63, 3.8) is 0 Å². The van der Waals surface area contributed by atoms with Crippen LogP contribution in [-0.4, -0.2) is 49.5 Å². The summed E-state index contributed by atoms with van der Waals surface area (Å²) in [6.07, 6.45) is 1.15. The number of piperazine rings is 1. The summed E-state index contributed by atoms with van der Waals surface area (Å²) in [6, 6.07) is 10.9. The van der Waals surface area contributed by atoms with Gasteiger partial charge in [0.05, 0.1) is 19.0 Å². The van der Waals surface area contributed by atoms with Gasteiger partial charge < -0.3 is 15.4 Å². The lowest BCUT2D eigenvalue weighted by atomic mass is 10.1. The molecule has 1 fully saturated rings. The number of hydrazone groups is 1. The molecule has 9 heteroatoms. The van der Waals surface area contributed by atoms with Crippen molar-refractivity contribution < 1.29 is 13.5 Å². The molecule has 154 valence electrons. The van der Waals surface area contributed by atoms with Crippen LogP contribution in [0.1, 0.15) is 11.1 Å². The topological polar surface area (TPSA) is 66.1 Å². The molecule has 29 heavy (non-hydrogen) atoms. The SMILES string of the molecule is COc1ccccc1CN1CCN(c2ccc(/C=N/NC(N)=S)c(F)c2F)CC1. The van der Waals surface area contributed by atoms with Gasteiger partial charge >= 0.3 is 0 Å². The number of nitrogens with one attached hydrogen (secondary N) is 1. The lowest BCUT2D eigenvalue weighted by molar-refractivity contribution is 0.245. The van der Waals surface area contributed by atoms with E-state index in [4.69, 9.17) is 10.5 Å². The van der Waals surface area contributed by atoms with Crippen molar-refractivity contribution >= 4 is 29.2 Å². The van der Waals surface area contributed by atoms with E-state index in [9.17, 15) is 8.78 Å². The highest BCUT2D eigenvalue weighted by atomic mass is 32.1. The molecule has 0 aromatic heterocycles. The zero-order valence-corrected chi connectivity index (χ0v) is 16.9. The van der Waals surface area contributed by atoms with Crippen molar-refractivity contribution in [1.29, 1.82) is 0 Å². The van der Waals surface area contributed by atoms with Crippen LogP contribution in [-0.2, 0) is 6.54 Å². The highest BCUT2D eigenvalue weighted by Crippen LogP contribution is 2.26. The molecule has 1 aliphatic heterocycles. The standard InChI is InChI=1S/C20H23F2N5OS/c1-28-17-5-3-2-4-15(17)13-26-8-10-27(11-9-26)16-7-6-14(18(21)19(16)22)12-24-25-20(23)29/h2-7,12H,8-11,13H2,1H3,(H3,23,25,29)/b24-12+. The molecule has 0 atom stereocenters. The number of ether oxygens (including phenoxy) is 1. The summed E-state index contributed by atoms with van der Waals surface area (Å²) in [5, 5.41) is 3.62. The Bertz CT molecular complexity index is 900. The van der Waals surface area contributed by atoms with E-state index in [1.54, 1.807) is 13.2 Å². The predicted octanol–water partition coefficient (Wildman–Crippen LogP) is 2.46. The number of nitrogens with two attached hydrogens (primary N) is 1. The Labute approximate surface area is 173 Å². The Morgan fingerprint density at radius 1 is 1.17 bits per heavy atom. The lowest BCUT2D eigenvalue weighted by Crippen LogP contribution is -2.46. The molecule has 0 aliphatic carbocycles. The molecule has 1 aliphatic rings. The molecule has 0 amide bonds. The van der Waals surface area contributed by atoms with Gasteiger partial charge in [-0.05, 0) is 30.4 Å². The summed E-state index contributed by atoms with van der Waals surface area (Å²) in [4.78, 5) is 4.12. The van der Waals surface area contributed by atoms with Gasteiger partial charge in [-0.15, -0.1) is 0 Å². The maximum absolute atomic E-state index is 14.6. The Morgan fingerprint density at radius 3 is 2.59 bits per heavy atom. The average Bonchev–Trinajstić information content (AvgIpc) is 2.72. The van der Waals surface area contributed by atoms with Gasteiger partial charge in [-0.2, -0.15) is 5.10 Å². The van der Waals surface area contributed by atoms with E-state index in [1.807, 2.05) is 29.2 Å². The number of para-hydroxylation sites is 1. The molecule has 0 saturated carbocycles. The summed E-state index contributed by atoms with van der Waals surface area (Å²) in [6.45, 7) is 3.42. The molecule has 2 aromatic rings. The van der Waals surface area contributed by atoms with E-state index in [0.717, 1.165) is 37.2 Å². The van der Waals surface area contributed by atoms with Crippen LogP contribution in [0.2, 0.25) is 0 Å². The second kappa shape index (κ2) is 9.62. The normalized spacial score (nSPS) is 14.9. The third kappa shape index (κ3) is 5.18. The van der Waals surface area contributed by atoms with Crippen molar-refractivity contribution in [3.8, 4) is 5.75 Å². The van der Waals surface area contributed by atoms with Crippen LogP contribution >= 0.6 is 12.2 Å². The summed E-state index contributed by atoms with van der Waals surface area (Å²) >= 11 is 4.61. The number of hydrogen-bond acceptors (Lipinski definition) is 5. The predicted molar refractivity (Wildman–Crippen MR) is 114 cm³/mol. The van der Waals surface area contributed by atoms with Gasteiger partial charge in [0, 0.05) is 43.9 Å². The maximum Gasteiger partial charge on any atom is 0.184 e. The number of benzene rings is 2. The second-order valence-corrected chi connectivity index (χ2v) is 7.05. The molecular formula is C20H23F2N5OS. The van der Waals surface area contributed by atoms with Crippen LogP contribution in [0.4, 0.5) is 14.5 Å². The van der Waals surface area contributed by atoms with Gasteiger partial charge in [0.1, 0.15) is 5.75 Å². The van der Waals surface area contributed by atoms with Crippen molar-refractivity contribution in [2.75, 3.05) is 38.2 Å². The fourth-order valence-corrected chi connectivity index (χ4v) is 3.34. The lowest BCUT2D eigenvalue weighted by Gasteiger charge is -2.36. The minimum atomic E-state index is -0.951. The van der Waals surface area contributed by atoms with Crippen LogP contribution in [0.3, 0.4) is 0 Å². The number of rotatable bonds is 6. The van der Waals surface area contributed by atoms with Gasteiger partial charge in [0.2, 0.25) is 0 Å². The van der Waals surface area contributed by atoms with Crippen LogP contribution in [0, 0.1) is 11.6 Å². The molecule has 0 spiro atoms. The minimum absolute atomic E-state index is 0.0183. The minimum Gasteiger partial charge on any atom is -0.496 e. The first-order valence-electron chi connectivity index (χ1n) is 9.15. The molecule has 3 N–H and O–H groups in total. The average molecular weight is 420 g/mol. The molecule has 1 saturated heterocycles. The largest absolute Gasteiger partial charge is 0.496 e. The van der Waals surface area contributed by atoms with Crippen LogP contribution in [0.5, 0.6) is 5.75 Å². The van der Waals surface area contributed by atoms with E-state index in [0.29, 0.717) is 13.1 Å². The highest BCUT2D eigenvalue weighted by Gasteiger charge is 2.22. The molecule has 2 aromatic carbocycles. The molecule has 0 radical (unpaired) electrons. The van der Waals surface area contributed by atoms with E-state index >= 15 is 0 Å². The molecule has 0 bridgehead atoms. The van der Waals surface area contributed by atoms with E-state index in [1.165, 1.54) is 6.07 Å². The third-order valence-corrected chi connectivity index (χ3v) is 4.86. The van der Waals surface area contributed by atoms with Crippen LogP contribution in [0.15, 0.2) is 41.5 Å². The number of anilines is 1.